The second-order valence-corrected chi connectivity index (χ2v) is 7.86. The van der Waals surface area contributed by atoms with E-state index in [1.807, 2.05) is 24.3 Å². The normalized spacial score (nSPS) is 17.0. The molecule has 0 aromatic heterocycles. The third-order valence-corrected chi connectivity index (χ3v) is 6.16. The first-order valence-electron chi connectivity index (χ1n) is 10.2. The molecule has 4 heteroatoms. The van der Waals surface area contributed by atoms with E-state index in [0.717, 1.165) is 32.1 Å². The fourth-order valence-corrected chi connectivity index (χ4v) is 4.73. The topological polar surface area (TPSA) is 54.5 Å². The highest BCUT2D eigenvalue weighted by atomic mass is 16.2. The van der Waals surface area contributed by atoms with Crippen LogP contribution in [-0.4, -0.2) is 28.5 Å². The summed E-state index contributed by atoms with van der Waals surface area (Å²) in [5, 5.41) is 1.27. The van der Waals surface area contributed by atoms with Gasteiger partial charge in [0.05, 0.1) is 0 Å². The summed E-state index contributed by atoms with van der Waals surface area (Å²) in [6, 6.07) is 17.9. The van der Waals surface area contributed by atoms with Crippen molar-refractivity contribution in [1.29, 1.82) is 0 Å². The fourth-order valence-electron chi connectivity index (χ4n) is 4.73. The Hall–Kier alpha value is -3.27. The first-order valence-corrected chi connectivity index (χ1v) is 10.2. The van der Waals surface area contributed by atoms with Crippen LogP contribution in [0.4, 0.5) is 0 Å². The Bertz CT molecular complexity index is 1120. The molecular formula is C25H21NO3. The van der Waals surface area contributed by atoms with Crippen molar-refractivity contribution in [3.8, 4) is 0 Å². The van der Waals surface area contributed by atoms with Crippen LogP contribution in [0.5, 0.6) is 0 Å². The summed E-state index contributed by atoms with van der Waals surface area (Å²) in [6.07, 6.45) is 4.98. The summed E-state index contributed by atoms with van der Waals surface area (Å²) in [5.74, 6) is -0.572. The Balaban J connectivity index is 1.66. The second-order valence-electron chi connectivity index (χ2n) is 7.86. The van der Waals surface area contributed by atoms with Gasteiger partial charge in [0.25, 0.3) is 11.8 Å². The number of carbonyl (C=O) groups excluding carboxylic acids is 3. The Morgan fingerprint density at radius 1 is 0.759 bits per heavy atom. The maximum absolute atomic E-state index is 13.3. The molecule has 3 aromatic rings. The van der Waals surface area contributed by atoms with E-state index >= 15 is 0 Å². The lowest BCUT2D eigenvalue weighted by molar-refractivity contribution is 0.0502. The molecule has 144 valence electrons. The van der Waals surface area contributed by atoms with E-state index in [4.69, 9.17) is 0 Å². The number of benzene rings is 3. The van der Waals surface area contributed by atoms with Gasteiger partial charge in [-0.1, -0.05) is 61.7 Å². The van der Waals surface area contributed by atoms with Gasteiger partial charge in [0.15, 0.2) is 5.78 Å². The Morgan fingerprint density at radius 3 is 2.17 bits per heavy atom. The largest absolute Gasteiger partial charge is 0.289 e. The number of rotatable bonds is 3. The van der Waals surface area contributed by atoms with Crippen molar-refractivity contribution < 1.29 is 14.4 Å². The number of nitrogens with zero attached hydrogens (tertiary/aromatic N) is 1. The van der Waals surface area contributed by atoms with Crippen molar-refractivity contribution in [3.63, 3.8) is 0 Å². The highest BCUT2D eigenvalue weighted by molar-refractivity contribution is 6.28. The molecule has 0 spiro atoms. The quantitative estimate of drug-likeness (QED) is 0.472. The molecule has 2 amide bonds. The number of carbonyl (C=O) groups is 3. The lowest BCUT2D eigenvalue weighted by atomic mass is 9.86. The summed E-state index contributed by atoms with van der Waals surface area (Å²) >= 11 is 0. The summed E-state index contributed by atoms with van der Waals surface area (Å²) in [7, 11) is 0. The van der Waals surface area contributed by atoms with Crippen molar-refractivity contribution in [3.05, 3.63) is 82.9 Å². The average Bonchev–Trinajstić information content (AvgIpc) is 2.78. The van der Waals surface area contributed by atoms with Gasteiger partial charge in [0.2, 0.25) is 0 Å². The first-order chi connectivity index (χ1) is 14.2. The zero-order valence-electron chi connectivity index (χ0n) is 16.1. The van der Waals surface area contributed by atoms with Crippen LogP contribution in [0.3, 0.4) is 0 Å². The predicted octanol–water partition coefficient (Wildman–Crippen LogP) is 5.00. The van der Waals surface area contributed by atoms with Gasteiger partial charge in [-0.15, -0.1) is 0 Å². The van der Waals surface area contributed by atoms with E-state index < -0.39 is 0 Å². The fraction of sp³-hybridized carbons (Fsp3) is 0.240. The lowest BCUT2D eigenvalue weighted by Crippen LogP contribution is -2.47. The average molecular weight is 383 g/mol. The van der Waals surface area contributed by atoms with Crippen molar-refractivity contribution >= 4 is 28.4 Å². The second kappa shape index (κ2) is 6.96. The molecule has 1 saturated carbocycles. The van der Waals surface area contributed by atoms with Crippen LogP contribution in [0.1, 0.15) is 68.7 Å². The monoisotopic (exact) mass is 383 g/mol. The molecule has 0 saturated heterocycles. The van der Waals surface area contributed by atoms with Gasteiger partial charge < -0.3 is 0 Å². The molecule has 2 aliphatic rings. The lowest BCUT2D eigenvalue weighted by Gasteiger charge is -2.36. The van der Waals surface area contributed by atoms with Crippen LogP contribution < -0.4 is 0 Å². The minimum absolute atomic E-state index is 0.0298. The van der Waals surface area contributed by atoms with Crippen molar-refractivity contribution in [2.75, 3.05) is 0 Å². The van der Waals surface area contributed by atoms with E-state index in [0.29, 0.717) is 33.0 Å². The van der Waals surface area contributed by atoms with E-state index in [1.165, 1.54) is 4.90 Å². The van der Waals surface area contributed by atoms with Crippen LogP contribution in [-0.2, 0) is 0 Å². The van der Waals surface area contributed by atoms with E-state index in [9.17, 15) is 14.4 Å². The summed E-state index contributed by atoms with van der Waals surface area (Å²) in [5.41, 5.74) is 2.14. The molecule has 1 fully saturated rings. The maximum Gasteiger partial charge on any atom is 0.261 e. The third-order valence-electron chi connectivity index (χ3n) is 6.16. The van der Waals surface area contributed by atoms with Crippen LogP contribution in [0.15, 0.2) is 60.7 Å². The van der Waals surface area contributed by atoms with E-state index in [1.54, 1.807) is 36.4 Å². The standard InChI is InChI=1S/C25H21NO3/c27-23(16-8-3-1-4-9-16)19-14-15-21-22-18(19)12-7-13-20(22)24(28)26(25(21)29)17-10-5-2-6-11-17/h1,3-4,7-9,12-15,17H,2,5-6,10-11H2. The molecule has 3 aromatic carbocycles. The van der Waals surface area contributed by atoms with Gasteiger partial charge in [-0.3, -0.25) is 19.3 Å². The Morgan fingerprint density at radius 2 is 1.45 bits per heavy atom. The van der Waals surface area contributed by atoms with Crippen molar-refractivity contribution in [1.82, 2.24) is 4.90 Å². The highest BCUT2D eigenvalue weighted by Gasteiger charge is 2.38. The number of amides is 2. The number of ketones is 1. The molecule has 1 heterocycles. The number of hydrogen-bond donors (Lipinski definition) is 0. The summed E-state index contributed by atoms with van der Waals surface area (Å²) < 4.78 is 0. The van der Waals surface area contributed by atoms with Gasteiger partial charge in [-0.05, 0) is 36.4 Å². The van der Waals surface area contributed by atoms with Crippen LogP contribution in [0.25, 0.3) is 10.8 Å². The number of imide groups is 1. The zero-order valence-corrected chi connectivity index (χ0v) is 16.1. The molecule has 0 atom stereocenters. The van der Waals surface area contributed by atoms with Gasteiger partial charge in [-0.25, -0.2) is 0 Å². The highest BCUT2D eigenvalue weighted by Crippen LogP contribution is 2.36. The van der Waals surface area contributed by atoms with Crippen LogP contribution in [0, 0.1) is 0 Å². The molecule has 5 rings (SSSR count). The smallest absolute Gasteiger partial charge is 0.261 e. The predicted molar refractivity (Wildman–Crippen MR) is 111 cm³/mol. The molecule has 29 heavy (non-hydrogen) atoms. The van der Waals surface area contributed by atoms with Crippen molar-refractivity contribution in [2.24, 2.45) is 0 Å². The Kier molecular flexibility index (Phi) is 4.27. The SMILES string of the molecule is O=C(c1ccccc1)c1ccc2c3c(cccc13)C(=O)N(C1CCCCC1)C2=O. The molecule has 0 N–H and O–H groups in total. The van der Waals surface area contributed by atoms with Gasteiger partial charge >= 0.3 is 0 Å². The molecular weight excluding hydrogens is 362 g/mol. The molecule has 1 aliphatic carbocycles. The van der Waals surface area contributed by atoms with Crippen LogP contribution >= 0.6 is 0 Å². The maximum atomic E-state index is 13.3. The first kappa shape index (κ1) is 17.8. The Labute approximate surface area is 169 Å². The van der Waals surface area contributed by atoms with Gasteiger partial charge in [-0.2, -0.15) is 0 Å². The molecule has 4 nitrogen and oxygen atoms in total. The van der Waals surface area contributed by atoms with Gasteiger partial charge in [0, 0.05) is 33.7 Å². The molecule has 0 unspecified atom stereocenters. The number of hydrogen-bond acceptors (Lipinski definition) is 3. The molecule has 0 bridgehead atoms. The van der Waals surface area contributed by atoms with Gasteiger partial charge in [0.1, 0.15) is 0 Å². The van der Waals surface area contributed by atoms with Crippen molar-refractivity contribution in [2.45, 2.75) is 38.1 Å². The van der Waals surface area contributed by atoms with E-state index in [-0.39, 0.29) is 23.6 Å². The molecule has 0 radical (unpaired) electrons. The van der Waals surface area contributed by atoms with Crippen LogP contribution in [0.2, 0.25) is 0 Å². The zero-order chi connectivity index (χ0) is 20.0. The van der Waals surface area contributed by atoms with E-state index in [2.05, 4.69) is 0 Å². The third kappa shape index (κ3) is 2.79. The minimum Gasteiger partial charge on any atom is -0.289 e. The summed E-state index contributed by atoms with van der Waals surface area (Å²) in [6.45, 7) is 0. The molecule has 1 aliphatic heterocycles. The summed E-state index contributed by atoms with van der Waals surface area (Å²) in [4.78, 5) is 41.1. The minimum atomic E-state index is -0.232.